The smallest absolute Gasteiger partial charge is 0.269 e. The summed E-state index contributed by atoms with van der Waals surface area (Å²) in [6, 6.07) is 9.59. The van der Waals surface area contributed by atoms with Gasteiger partial charge in [-0.1, -0.05) is 23.7 Å². The summed E-state index contributed by atoms with van der Waals surface area (Å²) in [5, 5.41) is 13.3. The van der Waals surface area contributed by atoms with E-state index < -0.39 is 20.7 Å². The summed E-state index contributed by atoms with van der Waals surface area (Å²) in [6.07, 6.45) is 1.04. The van der Waals surface area contributed by atoms with Gasteiger partial charge in [-0.25, -0.2) is 8.42 Å². The maximum absolute atomic E-state index is 12.2. The van der Waals surface area contributed by atoms with Gasteiger partial charge in [0.1, 0.15) is 0 Å². The second kappa shape index (κ2) is 6.98. The fourth-order valence-corrected chi connectivity index (χ4v) is 2.77. The molecule has 1 N–H and O–H groups in total. The van der Waals surface area contributed by atoms with E-state index in [1.807, 2.05) is 0 Å². The average Bonchev–Trinajstić information content (AvgIpc) is 2.52. The molecule has 2 aromatic rings. The third-order valence-electron chi connectivity index (χ3n) is 3.21. The van der Waals surface area contributed by atoms with Crippen LogP contribution >= 0.6 is 11.6 Å². The highest BCUT2D eigenvalue weighted by atomic mass is 35.5. The fraction of sp³-hybridized carbons (Fsp3) is 0.133. The Balaban J connectivity index is 2.14. The van der Waals surface area contributed by atoms with Crippen LogP contribution in [0.2, 0.25) is 5.02 Å². The Labute approximate surface area is 143 Å². The maximum Gasteiger partial charge on any atom is 0.269 e. The topological polar surface area (TPSA) is 106 Å². The molecule has 0 saturated heterocycles. The molecule has 0 aliphatic heterocycles. The van der Waals surface area contributed by atoms with Gasteiger partial charge < -0.3 is 5.32 Å². The van der Waals surface area contributed by atoms with Crippen LogP contribution in [-0.2, 0) is 16.4 Å². The van der Waals surface area contributed by atoms with Gasteiger partial charge in [-0.15, -0.1) is 0 Å². The molecule has 0 unspecified atom stereocenters. The van der Waals surface area contributed by atoms with Crippen molar-refractivity contribution in [3.63, 3.8) is 0 Å². The van der Waals surface area contributed by atoms with Crippen molar-refractivity contribution in [3.8, 4) is 0 Å². The third kappa shape index (κ3) is 4.30. The van der Waals surface area contributed by atoms with Crippen molar-refractivity contribution in [3.05, 3.63) is 68.7 Å². The van der Waals surface area contributed by atoms with Crippen molar-refractivity contribution in [1.29, 1.82) is 0 Å². The highest BCUT2D eigenvalue weighted by Gasteiger charge is 2.15. The van der Waals surface area contributed by atoms with E-state index in [1.54, 1.807) is 0 Å². The second-order valence-corrected chi connectivity index (χ2v) is 7.44. The first-order valence-electron chi connectivity index (χ1n) is 6.69. The molecule has 126 valence electrons. The van der Waals surface area contributed by atoms with Crippen LogP contribution in [0.4, 0.5) is 5.69 Å². The van der Waals surface area contributed by atoms with Crippen LogP contribution < -0.4 is 5.32 Å². The molecule has 0 aliphatic rings. The fourth-order valence-electron chi connectivity index (χ4n) is 1.92. The Hall–Kier alpha value is -2.45. The number of nitro groups is 1. The van der Waals surface area contributed by atoms with Crippen molar-refractivity contribution >= 4 is 33.0 Å². The molecule has 2 aromatic carbocycles. The predicted molar refractivity (Wildman–Crippen MR) is 88.8 cm³/mol. The average molecular weight is 369 g/mol. The molecule has 0 aromatic heterocycles. The van der Waals surface area contributed by atoms with E-state index in [9.17, 15) is 23.3 Å². The van der Waals surface area contributed by atoms with Crippen LogP contribution in [0.3, 0.4) is 0 Å². The molecule has 2 rings (SSSR count). The quantitative estimate of drug-likeness (QED) is 0.644. The maximum atomic E-state index is 12.2. The number of rotatable bonds is 5. The van der Waals surface area contributed by atoms with E-state index in [0.29, 0.717) is 5.56 Å². The monoisotopic (exact) mass is 368 g/mol. The number of sulfone groups is 1. The van der Waals surface area contributed by atoms with Crippen LogP contribution in [-0.4, -0.2) is 25.5 Å². The van der Waals surface area contributed by atoms with Crippen molar-refractivity contribution in [1.82, 2.24) is 5.32 Å². The molecule has 24 heavy (non-hydrogen) atoms. The lowest BCUT2D eigenvalue weighted by atomic mass is 10.2. The Morgan fingerprint density at radius 2 is 1.83 bits per heavy atom. The largest absolute Gasteiger partial charge is 0.348 e. The summed E-state index contributed by atoms with van der Waals surface area (Å²) in [5.41, 5.74) is 0.653. The Kier molecular flexibility index (Phi) is 5.20. The SMILES string of the molecule is CS(=O)(=O)c1ccc(Cl)c(C(=O)NCc2ccc([N+](=O)[O-])cc2)c1. The third-order valence-corrected chi connectivity index (χ3v) is 4.65. The van der Waals surface area contributed by atoms with E-state index in [-0.39, 0.29) is 27.7 Å². The number of hydrogen-bond donors (Lipinski definition) is 1. The van der Waals surface area contributed by atoms with E-state index in [4.69, 9.17) is 11.6 Å². The van der Waals surface area contributed by atoms with Gasteiger partial charge in [-0.2, -0.15) is 0 Å². The molecule has 0 heterocycles. The minimum absolute atomic E-state index is 0.00705. The Morgan fingerprint density at radius 1 is 1.21 bits per heavy atom. The Bertz CT molecular complexity index is 895. The summed E-state index contributed by atoms with van der Waals surface area (Å²) in [6.45, 7) is 0.121. The van der Waals surface area contributed by atoms with Crippen LogP contribution in [0, 0.1) is 10.1 Å². The van der Waals surface area contributed by atoms with Crippen molar-refractivity contribution in [2.75, 3.05) is 6.26 Å². The summed E-state index contributed by atoms with van der Waals surface area (Å²) in [5.74, 6) is -0.538. The van der Waals surface area contributed by atoms with Gasteiger partial charge in [0, 0.05) is 24.9 Å². The molecule has 0 radical (unpaired) electrons. The predicted octanol–water partition coefficient (Wildman–Crippen LogP) is 2.58. The minimum Gasteiger partial charge on any atom is -0.348 e. The molecule has 7 nitrogen and oxygen atoms in total. The number of non-ortho nitro benzene ring substituents is 1. The molecular formula is C15H13ClN2O5S. The first-order chi connectivity index (χ1) is 11.2. The van der Waals surface area contributed by atoms with E-state index in [2.05, 4.69) is 5.32 Å². The van der Waals surface area contributed by atoms with Gasteiger partial charge in [0.05, 0.1) is 20.4 Å². The highest BCUT2D eigenvalue weighted by molar-refractivity contribution is 7.90. The zero-order valence-corrected chi connectivity index (χ0v) is 14.1. The number of nitrogens with zero attached hydrogens (tertiary/aromatic N) is 1. The second-order valence-electron chi connectivity index (χ2n) is 5.02. The van der Waals surface area contributed by atoms with Gasteiger partial charge in [-0.3, -0.25) is 14.9 Å². The lowest BCUT2D eigenvalue weighted by molar-refractivity contribution is -0.384. The number of carbonyl (C=O) groups excluding carboxylic acids is 1. The number of nitro benzene ring substituents is 1. The molecule has 0 bridgehead atoms. The summed E-state index contributed by atoms with van der Waals surface area (Å²) in [7, 11) is -3.46. The number of benzene rings is 2. The van der Waals surface area contributed by atoms with E-state index >= 15 is 0 Å². The normalized spacial score (nSPS) is 11.1. The number of hydrogen-bond acceptors (Lipinski definition) is 5. The van der Waals surface area contributed by atoms with E-state index in [1.165, 1.54) is 42.5 Å². The summed E-state index contributed by atoms with van der Waals surface area (Å²) >= 11 is 5.95. The van der Waals surface area contributed by atoms with Gasteiger partial charge in [0.25, 0.3) is 11.6 Å². The lowest BCUT2D eigenvalue weighted by Gasteiger charge is -2.08. The Morgan fingerprint density at radius 3 is 2.38 bits per heavy atom. The van der Waals surface area contributed by atoms with Crippen LogP contribution in [0.15, 0.2) is 47.4 Å². The molecule has 0 atom stereocenters. The van der Waals surface area contributed by atoms with Crippen LogP contribution in [0.1, 0.15) is 15.9 Å². The van der Waals surface area contributed by atoms with Gasteiger partial charge >= 0.3 is 0 Å². The lowest BCUT2D eigenvalue weighted by Crippen LogP contribution is -2.23. The molecule has 0 saturated carbocycles. The number of amides is 1. The van der Waals surface area contributed by atoms with Gasteiger partial charge in [0.2, 0.25) is 0 Å². The number of nitrogens with one attached hydrogen (secondary N) is 1. The zero-order valence-electron chi connectivity index (χ0n) is 12.5. The van der Waals surface area contributed by atoms with Crippen molar-refractivity contribution in [2.24, 2.45) is 0 Å². The van der Waals surface area contributed by atoms with Crippen LogP contribution in [0.25, 0.3) is 0 Å². The van der Waals surface area contributed by atoms with Gasteiger partial charge in [-0.05, 0) is 23.8 Å². The van der Waals surface area contributed by atoms with Crippen molar-refractivity contribution in [2.45, 2.75) is 11.4 Å². The highest BCUT2D eigenvalue weighted by Crippen LogP contribution is 2.20. The summed E-state index contributed by atoms with van der Waals surface area (Å²) in [4.78, 5) is 22.3. The minimum atomic E-state index is -3.46. The van der Waals surface area contributed by atoms with Crippen molar-refractivity contribution < 1.29 is 18.1 Å². The molecule has 9 heteroatoms. The summed E-state index contributed by atoms with van der Waals surface area (Å²) < 4.78 is 23.1. The zero-order chi connectivity index (χ0) is 17.9. The molecule has 1 amide bonds. The number of halogens is 1. The number of carbonyl (C=O) groups is 1. The molecule has 0 spiro atoms. The molecule has 0 aliphatic carbocycles. The first kappa shape index (κ1) is 17.9. The first-order valence-corrected chi connectivity index (χ1v) is 8.96. The van der Waals surface area contributed by atoms with Crippen LogP contribution in [0.5, 0.6) is 0 Å². The molecular weight excluding hydrogens is 356 g/mol. The standard InChI is InChI=1S/C15H13ClN2O5S/c1-24(22,23)12-6-7-14(16)13(8-12)15(19)17-9-10-2-4-11(5-3-10)18(20)21/h2-8H,9H2,1H3,(H,17,19). The van der Waals surface area contributed by atoms with Gasteiger partial charge in [0.15, 0.2) is 9.84 Å². The van der Waals surface area contributed by atoms with E-state index in [0.717, 1.165) is 6.26 Å². The molecule has 0 fully saturated rings.